The van der Waals surface area contributed by atoms with Gasteiger partial charge in [-0.05, 0) is 50.3 Å². The molecule has 4 nitrogen and oxygen atoms in total. The second-order valence-electron chi connectivity index (χ2n) is 5.72. The Balaban J connectivity index is 1.72. The number of hydrogen-bond donors (Lipinski definition) is 1. The van der Waals surface area contributed by atoms with Gasteiger partial charge in [-0.3, -0.25) is 9.36 Å². The molecule has 0 bridgehead atoms. The van der Waals surface area contributed by atoms with Crippen molar-refractivity contribution in [1.29, 1.82) is 0 Å². The fraction of sp³-hybridized carbons (Fsp3) is 0.333. The first kappa shape index (κ1) is 15.5. The summed E-state index contributed by atoms with van der Waals surface area (Å²) in [6, 6.07) is 5.96. The van der Waals surface area contributed by atoms with Crippen LogP contribution in [-0.4, -0.2) is 16.1 Å². The lowest BCUT2D eigenvalue weighted by atomic mass is 9.97. The van der Waals surface area contributed by atoms with Gasteiger partial charge < -0.3 is 5.32 Å². The summed E-state index contributed by atoms with van der Waals surface area (Å²) in [6.45, 7) is 0.682. The molecule has 120 valence electrons. The van der Waals surface area contributed by atoms with E-state index in [-0.39, 0.29) is 11.4 Å². The molecule has 1 aliphatic carbocycles. The Morgan fingerprint density at radius 2 is 2.22 bits per heavy atom. The minimum absolute atomic E-state index is 0.268. The van der Waals surface area contributed by atoms with Gasteiger partial charge in [-0.15, -0.1) is 0 Å². The smallest absolute Gasteiger partial charge is 0.297 e. The molecule has 0 amide bonds. The Morgan fingerprint density at radius 3 is 3.00 bits per heavy atom. The van der Waals surface area contributed by atoms with Crippen LogP contribution in [0.3, 0.4) is 0 Å². The molecule has 5 heteroatoms. The van der Waals surface area contributed by atoms with Gasteiger partial charge in [0.1, 0.15) is 5.82 Å². The first-order valence-corrected chi connectivity index (χ1v) is 7.99. The van der Waals surface area contributed by atoms with Crippen LogP contribution in [0.1, 0.15) is 32.1 Å². The van der Waals surface area contributed by atoms with Crippen molar-refractivity contribution in [3.8, 4) is 5.69 Å². The van der Waals surface area contributed by atoms with Gasteiger partial charge in [-0.2, -0.15) is 0 Å². The minimum Gasteiger partial charge on any atom is -0.365 e. The van der Waals surface area contributed by atoms with E-state index in [0.717, 1.165) is 19.3 Å². The van der Waals surface area contributed by atoms with Gasteiger partial charge >= 0.3 is 0 Å². The number of nitrogens with zero attached hydrogens (tertiary/aromatic N) is 2. The topological polar surface area (TPSA) is 46.9 Å². The summed E-state index contributed by atoms with van der Waals surface area (Å²) in [6.07, 6.45) is 11.2. The van der Waals surface area contributed by atoms with Crippen LogP contribution >= 0.6 is 0 Å². The van der Waals surface area contributed by atoms with Crippen molar-refractivity contribution in [3.05, 3.63) is 64.5 Å². The van der Waals surface area contributed by atoms with Crippen LogP contribution in [0.2, 0.25) is 0 Å². The lowest BCUT2D eigenvalue weighted by Gasteiger charge is -2.13. The summed E-state index contributed by atoms with van der Waals surface area (Å²) in [5.41, 5.74) is 1.68. The van der Waals surface area contributed by atoms with E-state index in [9.17, 15) is 9.18 Å². The number of benzene rings is 1. The Labute approximate surface area is 134 Å². The van der Waals surface area contributed by atoms with E-state index in [1.807, 2.05) is 0 Å². The van der Waals surface area contributed by atoms with Crippen molar-refractivity contribution in [2.75, 3.05) is 11.9 Å². The highest BCUT2D eigenvalue weighted by Gasteiger charge is 2.08. The zero-order valence-electron chi connectivity index (χ0n) is 13.0. The largest absolute Gasteiger partial charge is 0.365 e. The molecule has 2 aromatic rings. The molecule has 0 fully saturated rings. The molecule has 0 saturated heterocycles. The molecule has 0 radical (unpaired) electrons. The fourth-order valence-electron chi connectivity index (χ4n) is 2.84. The van der Waals surface area contributed by atoms with Crippen molar-refractivity contribution in [1.82, 2.24) is 9.55 Å². The molecule has 0 spiro atoms. The van der Waals surface area contributed by atoms with Crippen LogP contribution in [0, 0.1) is 5.82 Å². The summed E-state index contributed by atoms with van der Waals surface area (Å²) in [5, 5.41) is 3.11. The molecule has 1 aromatic carbocycles. The molecule has 0 saturated carbocycles. The van der Waals surface area contributed by atoms with Gasteiger partial charge in [-0.25, -0.2) is 9.37 Å². The second-order valence-corrected chi connectivity index (χ2v) is 5.72. The number of rotatable bonds is 5. The third-order valence-electron chi connectivity index (χ3n) is 4.05. The van der Waals surface area contributed by atoms with Crippen LogP contribution in [0.5, 0.6) is 0 Å². The molecular formula is C18H20FN3O. The molecule has 1 N–H and O–H groups in total. The van der Waals surface area contributed by atoms with Crippen molar-refractivity contribution >= 4 is 5.82 Å². The Hall–Kier alpha value is -2.43. The Kier molecular flexibility index (Phi) is 4.86. The quantitative estimate of drug-likeness (QED) is 0.857. The Bertz CT molecular complexity index is 767. The highest BCUT2D eigenvalue weighted by Crippen LogP contribution is 2.19. The minimum atomic E-state index is -0.370. The van der Waals surface area contributed by atoms with Crippen molar-refractivity contribution in [2.24, 2.45) is 0 Å². The maximum Gasteiger partial charge on any atom is 0.297 e. The summed E-state index contributed by atoms with van der Waals surface area (Å²) >= 11 is 0. The van der Waals surface area contributed by atoms with Crippen LogP contribution < -0.4 is 10.9 Å². The van der Waals surface area contributed by atoms with E-state index < -0.39 is 0 Å². The molecule has 23 heavy (non-hydrogen) atoms. The van der Waals surface area contributed by atoms with Crippen LogP contribution in [0.4, 0.5) is 10.2 Å². The van der Waals surface area contributed by atoms with Crippen molar-refractivity contribution < 1.29 is 4.39 Å². The van der Waals surface area contributed by atoms with Gasteiger partial charge in [0, 0.05) is 18.9 Å². The summed E-state index contributed by atoms with van der Waals surface area (Å²) in [5.74, 6) is -0.0712. The first-order chi connectivity index (χ1) is 11.2. The van der Waals surface area contributed by atoms with Crippen LogP contribution in [0.15, 0.2) is 53.1 Å². The number of hydrogen-bond acceptors (Lipinski definition) is 3. The summed E-state index contributed by atoms with van der Waals surface area (Å²) < 4.78 is 14.7. The van der Waals surface area contributed by atoms with Crippen molar-refractivity contribution in [3.63, 3.8) is 0 Å². The van der Waals surface area contributed by atoms with Crippen LogP contribution in [-0.2, 0) is 0 Å². The van der Waals surface area contributed by atoms with Gasteiger partial charge in [0.05, 0.1) is 5.69 Å². The zero-order valence-corrected chi connectivity index (χ0v) is 13.0. The monoisotopic (exact) mass is 313 g/mol. The van der Waals surface area contributed by atoms with Gasteiger partial charge in [0.25, 0.3) is 5.56 Å². The lowest BCUT2D eigenvalue weighted by molar-refractivity contribution is 0.626. The Morgan fingerprint density at radius 1 is 1.30 bits per heavy atom. The number of halogens is 1. The second kappa shape index (κ2) is 7.22. The normalized spacial score (nSPS) is 14.4. The standard InChI is InChI=1S/C18H20FN3O/c19-15-7-4-8-16(13-15)22-12-11-21-17(18(22)23)20-10-9-14-5-2-1-3-6-14/h4-5,7-8,11-13H,1-3,6,9-10H2,(H,20,21). The molecule has 0 unspecified atom stereocenters. The van der Waals surface area contributed by atoms with Gasteiger partial charge in [0.2, 0.25) is 0 Å². The average Bonchev–Trinajstić information content (AvgIpc) is 2.57. The molecule has 0 atom stereocenters. The average molecular weight is 313 g/mol. The predicted octanol–water partition coefficient (Wildman–Crippen LogP) is 3.67. The van der Waals surface area contributed by atoms with E-state index in [1.165, 1.54) is 35.1 Å². The van der Waals surface area contributed by atoms with Gasteiger partial charge in [-0.1, -0.05) is 17.7 Å². The molecule has 0 aliphatic heterocycles. The SMILES string of the molecule is O=c1c(NCCC2=CCCCC2)nccn1-c1cccc(F)c1. The zero-order chi connectivity index (χ0) is 16.1. The maximum absolute atomic E-state index is 13.3. The van der Waals surface area contributed by atoms with E-state index in [4.69, 9.17) is 0 Å². The third kappa shape index (κ3) is 3.86. The van der Waals surface area contributed by atoms with E-state index >= 15 is 0 Å². The number of aromatic nitrogens is 2. The highest BCUT2D eigenvalue weighted by molar-refractivity contribution is 5.38. The lowest BCUT2D eigenvalue weighted by Crippen LogP contribution is -2.23. The van der Waals surface area contributed by atoms with Gasteiger partial charge in [0.15, 0.2) is 5.82 Å². The number of allylic oxidation sites excluding steroid dienone is 1. The maximum atomic E-state index is 13.3. The first-order valence-electron chi connectivity index (χ1n) is 7.99. The number of nitrogens with one attached hydrogen (secondary N) is 1. The molecule has 1 aromatic heterocycles. The van der Waals surface area contributed by atoms with Crippen molar-refractivity contribution in [2.45, 2.75) is 32.1 Å². The molecular weight excluding hydrogens is 293 g/mol. The van der Waals surface area contributed by atoms with E-state index in [1.54, 1.807) is 24.5 Å². The highest BCUT2D eigenvalue weighted by atomic mass is 19.1. The van der Waals surface area contributed by atoms with E-state index in [2.05, 4.69) is 16.4 Å². The summed E-state index contributed by atoms with van der Waals surface area (Å²) in [7, 11) is 0. The molecule has 3 rings (SSSR count). The number of anilines is 1. The van der Waals surface area contributed by atoms with E-state index in [0.29, 0.717) is 18.1 Å². The summed E-state index contributed by atoms with van der Waals surface area (Å²) in [4.78, 5) is 16.6. The molecule has 1 heterocycles. The van der Waals surface area contributed by atoms with Crippen LogP contribution in [0.25, 0.3) is 5.69 Å². The molecule has 1 aliphatic rings. The fourth-order valence-corrected chi connectivity index (χ4v) is 2.84. The predicted molar refractivity (Wildman–Crippen MR) is 89.4 cm³/mol. The third-order valence-corrected chi connectivity index (χ3v) is 4.05.